The van der Waals surface area contributed by atoms with Crippen molar-refractivity contribution in [2.24, 2.45) is 0 Å². The predicted molar refractivity (Wildman–Crippen MR) is 104 cm³/mol. The Kier molecular flexibility index (Phi) is 2.58. The number of ether oxygens (including phenoxy) is 1. The molecule has 1 aliphatic rings. The van der Waals surface area contributed by atoms with Crippen LogP contribution < -0.4 is 0 Å². The molecule has 1 atom stereocenters. The van der Waals surface area contributed by atoms with E-state index in [1.54, 1.807) is 0 Å². The van der Waals surface area contributed by atoms with E-state index in [1.807, 2.05) is 0 Å². The van der Waals surface area contributed by atoms with E-state index in [9.17, 15) is 0 Å². The van der Waals surface area contributed by atoms with Crippen LogP contribution >= 0.6 is 0 Å². The topological polar surface area (TPSA) is 12.5 Å². The van der Waals surface area contributed by atoms with E-state index in [1.165, 1.54) is 49.0 Å². The molecule has 1 nitrogen and oxygen atoms in total. The van der Waals surface area contributed by atoms with Crippen molar-refractivity contribution >= 4 is 32.3 Å². The molecule has 0 N–H and O–H groups in total. The van der Waals surface area contributed by atoms with Crippen molar-refractivity contribution in [2.45, 2.75) is 6.10 Å². The maximum atomic E-state index is 5.58. The van der Waals surface area contributed by atoms with Crippen LogP contribution in [0.15, 0.2) is 78.9 Å². The molecule has 0 bridgehead atoms. The molecule has 25 heavy (non-hydrogen) atoms. The van der Waals surface area contributed by atoms with Crippen LogP contribution in [0, 0.1) is 0 Å². The van der Waals surface area contributed by atoms with Crippen LogP contribution in [0.5, 0.6) is 0 Å². The van der Waals surface area contributed by atoms with Gasteiger partial charge in [0.2, 0.25) is 0 Å². The molecule has 6 rings (SSSR count). The van der Waals surface area contributed by atoms with Gasteiger partial charge in [0.1, 0.15) is 6.10 Å². The van der Waals surface area contributed by atoms with E-state index in [4.69, 9.17) is 4.74 Å². The Bertz CT molecular complexity index is 1230. The first kappa shape index (κ1) is 13.4. The normalized spacial score (nSPS) is 16.9. The Morgan fingerprint density at radius 2 is 1.28 bits per heavy atom. The fraction of sp³-hybridized carbons (Fsp3) is 0.0833. The van der Waals surface area contributed by atoms with E-state index in [0.717, 1.165) is 6.61 Å². The summed E-state index contributed by atoms with van der Waals surface area (Å²) in [6, 6.07) is 28.7. The fourth-order valence-corrected chi connectivity index (χ4v) is 4.22. The Labute approximate surface area is 145 Å². The van der Waals surface area contributed by atoms with E-state index in [0.29, 0.717) is 0 Å². The van der Waals surface area contributed by atoms with Gasteiger partial charge in [-0.15, -0.1) is 0 Å². The van der Waals surface area contributed by atoms with Gasteiger partial charge in [-0.05, 0) is 49.0 Å². The third-order valence-electron chi connectivity index (χ3n) is 5.46. The molecule has 1 heteroatoms. The summed E-state index contributed by atoms with van der Waals surface area (Å²) in [6.45, 7) is 0.836. The third-order valence-corrected chi connectivity index (χ3v) is 5.46. The minimum atomic E-state index is 0.259. The maximum Gasteiger partial charge on any atom is 0.107 e. The first-order valence-corrected chi connectivity index (χ1v) is 8.77. The lowest BCUT2D eigenvalue weighted by Crippen LogP contribution is -1.91. The molecule has 118 valence electrons. The van der Waals surface area contributed by atoms with E-state index >= 15 is 0 Å². The fourth-order valence-electron chi connectivity index (χ4n) is 4.22. The lowest BCUT2D eigenvalue weighted by atomic mass is 9.88. The average molecular weight is 320 g/mol. The number of rotatable bonds is 2. The van der Waals surface area contributed by atoms with Crippen LogP contribution in [0.1, 0.15) is 11.7 Å². The largest absolute Gasteiger partial charge is 0.368 e. The number of benzene rings is 5. The van der Waals surface area contributed by atoms with Gasteiger partial charge in [-0.1, -0.05) is 78.9 Å². The van der Waals surface area contributed by atoms with Crippen LogP contribution in [-0.2, 0) is 4.74 Å². The Morgan fingerprint density at radius 1 is 0.600 bits per heavy atom. The second-order valence-electron chi connectivity index (χ2n) is 6.88. The quantitative estimate of drug-likeness (QED) is 0.274. The van der Waals surface area contributed by atoms with Gasteiger partial charge in [-0.3, -0.25) is 0 Å². The van der Waals surface area contributed by atoms with Crippen LogP contribution in [-0.4, -0.2) is 6.61 Å². The first-order chi connectivity index (χ1) is 12.4. The molecule has 0 spiro atoms. The van der Waals surface area contributed by atoms with Crippen LogP contribution in [0.25, 0.3) is 43.4 Å². The van der Waals surface area contributed by atoms with Gasteiger partial charge in [-0.2, -0.15) is 0 Å². The van der Waals surface area contributed by atoms with Gasteiger partial charge < -0.3 is 4.74 Å². The van der Waals surface area contributed by atoms with Crippen molar-refractivity contribution in [3.05, 3.63) is 84.4 Å². The lowest BCUT2D eigenvalue weighted by molar-refractivity contribution is 0.416. The summed E-state index contributed by atoms with van der Waals surface area (Å²) >= 11 is 0. The van der Waals surface area contributed by atoms with Crippen LogP contribution in [0.2, 0.25) is 0 Å². The highest BCUT2D eigenvalue weighted by atomic mass is 16.6. The van der Waals surface area contributed by atoms with E-state index in [2.05, 4.69) is 78.9 Å². The van der Waals surface area contributed by atoms with Crippen LogP contribution in [0.3, 0.4) is 0 Å². The summed E-state index contributed by atoms with van der Waals surface area (Å²) in [5, 5.41) is 8.01. The van der Waals surface area contributed by atoms with Crippen molar-refractivity contribution in [1.29, 1.82) is 0 Å². The van der Waals surface area contributed by atoms with Gasteiger partial charge in [0.15, 0.2) is 0 Å². The Morgan fingerprint density at radius 3 is 2.08 bits per heavy atom. The zero-order valence-electron chi connectivity index (χ0n) is 13.7. The van der Waals surface area contributed by atoms with E-state index < -0.39 is 0 Å². The molecule has 0 aliphatic carbocycles. The highest BCUT2D eigenvalue weighted by Gasteiger charge is 2.27. The van der Waals surface area contributed by atoms with Gasteiger partial charge >= 0.3 is 0 Å². The van der Waals surface area contributed by atoms with Gasteiger partial charge in [0.25, 0.3) is 0 Å². The smallest absolute Gasteiger partial charge is 0.107 e. The summed E-state index contributed by atoms with van der Waals surface area (Å²) in [7, 11) is 0. The summed E-state index contributed by atoms with van der Waals surface area (Å²) in [6.07, 6.45) is 0.259. The molecule has 1 heterocycles. The molecule has 0 saturated carbocycles. The molecule has 1 fully saturated rings. The molecular formula is C24H16O. The van der Waals surface area contributed by atoms with Crippen molar-refractivity contribution in [3.8, 4) is 11.1 Å². The molecular weight excluding hydrogens is 304 g/mol. The van der Waals surface area contributed by atoms with Gasteiger partial charge in [0.05, 0.1) is 6.61 Å². The SMILES string of the molecule is c1ccc(C2CO2)c(-c2ccc3ccc4cccc5ccc2c3c45)c1. The molecule has 0 amide bonds. The highest BCUT2D eigenvalue weighted by Crippen LogP contribution is 2.42. The second kappa shape index (κ2) is 4.81. The van der Waals surface area contributed by atoms with Crippen molar-refractivity contribution < 1.29 is 4.74 Å². The molecule has 1 saturated heterocycles. The van der Waals surface area contributed by atoms with Crippen molar-refractivity contribution in [3.63, 3.8) is 0 Å². The summed E-state index contributed by atoms with van der Waals surface area (Å²) < 4.78 is 5.58. The highest BCUT2D eigenvalue weighted by molar-refractivity contribution is 6.25. The Balaban J connectivity index is 1.77. The summed E-state index contributed by atoms with van der Waals surface area (Å²) in [4.78, 5) is 0. The number of hydrogen-bond donors (Lipinski definition) is 0. The van der Waals surface area contributed by atoms with Crippen LogP contribution in [0.4, 0.5) is 0 Å². The Hall–Kier alpha value is -2.90. The second-order valence-corrected chi connectivity index (χ2v) is 6.88. The predicted octanol–water partition coefficient (Wildman–Crippen LogP) is 6.32. The third kappa shape index (κ3) is 1.87. The van der Waals surface area contributed by atoms with Gasteiger partial charge in [-0.25, -0.2) is 0 Å². The van der Waals surface area contributed by atoms with Crippen molar-refractivity contribution in [2.75, 3.05) is 6.61 Å². The molecule has 5 aromatic rings. The first-order valence-electron chi connectivity index (χ1n) is 8.77. The molecule has 1 unspecified atom stereocenters. The standard InChI is InChI=1S/C24H16O/c1-2-7-20(22-14-25-22)18(6-1)19-12-10-17-9-8-15-4-3-5-16-11-13-21(19)24(17)23(15)16/h1-13,22H,14H2. The average Bonchev–Trinajstić information content (AvgIpc) is 3.51. The minimum Gasteiger partial charge on any atom is -0.368 e. The zero-order valence-corrected chi connectivity index (χ0v) is 13.7. The van der Waals surface area contributed by atoms with Gasteiger partial charge in [0, 0.05) is 0 Å². The minimum absolute atomic E-state index is 0.259. The molecule has 0 radical (unpaired) electrons. The monoisotopic (exact) mass is 320 g/mol. The maximum absolute atomic E-state index is 5.58. The lowest BCUT2D eigenvalue weighted by Gasteiger charge is -2.15. The van der Waals surface area contributed by atoms with E-state index in [-0.39, 0.29) is 6.10 Å². The summed E-state index contributed by atoms with van der Waals surface area (Å²) in [5.74, 6) is 0. The molecule has 0 aromatic heterocycles. The summed E-state index contributed by atoms with van der Waals surface area (Å²) in [5.41, 5.74) is 3.90. The number of hydrogen-bond acceptors (Lipinski definition) is 1. The molecule has 5 aromatic carbocycles. The van der Waals surface area contributed by atoms with Crippen molar-refractivity contribution in [1.82, 2.24) is 0 Å². The zero-order chi connectivity index (χ0) is 16.4. The molecule has 1 aliphatic heterocycles. The number of epoxide rings is 1.